The lowest BCUT2D eigenvalue weighted by Crippen LogP contribution is -2.38. The molecule has 0 aromatic carbocycles. The van der Waals surface area contributed by atoms with E-state index in [-0.39, 0.29) is 12.8 Å². The Balaban J connectivity index is 5.93. The quantitative estimate of drug-likeness (QED) is 0.0891. The van der Waals surface area contributed by atoms with Crippen LogP contribution in [0.5, 0.6) is 0 Å². The van der Waals surface area contributed by atoms with Gasteiger partial charge in [0.2, 0.25) is 0 Å². The molecule has 0 spiro atoms. The molecule has 0 radical (unpaired) electrons. The van der Waals surface area contributed by atoms with E-state index in [0.29, 0.717) is 12.8 Å². The molecule has 0 aliphatic rings. The van der Waals surface area contributed by atoms with Gasteiger partial charge in [-0.1, -0.05) is 13.8 Å². The van der Waals surface area contributed by atoms with E-state index in [1.807, 2.05) is 53.7 Å². The fourth-order valence-electron chi connectivity index (χ4n) is 4.74. The number of rotatable bonds is 18. The van der Waals surface area contributed by atoms with Gasteiger partial charge in [-0.25, -0.2) is 19.6 Å². The van der Waals surface area contributed by atoms with E-state index in [9.17, 15) is 30.3 Å². The van der Waals surface area contributed by atoms with Crippen LogP contribution in [0.3, 0.4) is 0 Å². The number of hydrogen-bond acceptors (Lipinski definition) is 10. The summed E-state index contributed by atoms with van der Waals surface area (Å²) in [5.74, 6) is -5.08. The number of nitriles is 2. The van der Waals surface area contributed by atoms with E-state index in [4.69, 9.17) is 19.6 Å². The van der Waals surface area contributed by atoms with Crippen molar-refractivity contribution in [3.05, 3.63) is 0 Å². The molecule has 0 heterocycles. The van der Waals surface area contributed by atoms with Crippen LogP contribution in [0.25, 0.3) is 0 Å². The first kappa shape index (κ1) is 41.4. The molecule has 0 saturated heterocycles. The predicted octanol–water partition coefficient (Wildman–Crippen LogP) is 7.29. The molecule has 0 aliphatic heterocycles. The maximum Gasteiger partial charge on any atom is 0.306 e. The summed E-state index contributed by atoms with van der Waals surface area (Å²) in [7, 11) is 0. The summed E-state index contributed by atoms with van der Waals surface area (Å²) in [6.45, 7) is 24.6. The third kappa shape index (κ3) is 15.9. The van der Waals surface area contributed by atoms with Gasteiger partial charge in [0.05, 0.1) is 46.4 Å². The Kier molecular flexibility index (Phi) is 14.6. The molecule has 0 fully saturated rings. The minimum atomic E-state index is -1.59. The molecule has 0 aliphatic carbocycles. The van der Waals surface area contributed by atoms with Crippen molar-refractivity contribution in [2.45, 2.75) is 156 Å². The van der Waals surface area contributed by atoms with E-state index >= 15 is 0 Å². The van der Waals surface area contributed by atoms with Crippen LogP contribution in [-0.4, -0.2) is 55.6 Å². The van der Waals surface area contributed by atoms with Crippen LogP contribution < -0.4 is 0 Å². The van der Waals surface area contributed by atoms with Crippen LogP contribution in [0.1, 0.15) is 123 Å². The van der Waals surface area contributed by atoms with Crippen LogP contribution in [-0.2, 0) is 29.1 Å². The predicted molar refractivity (Wildman–Crippen MR) is 164 cm³/mol. The number of carboxylic acids is 2. The van der Waals surface area contributed by atoms with Gasteiger partial charge in [0.15, 0.2) is 11.1 Å². The highest BCUT2D eigenvalue weighted by atomic mass is 17.2. The van der Waals surface area contributed by atoms with Crippen molar-refractivity contribution in [2.75, 3.05) is 0 Å². The normalized spacial score (nSPS) is 18.7. The molecule has 2 N–H and O–H groups in total. The topological polar surface area (TPSA) is 184 Å². The maximum absolute atomic E-state index is 12.3. The van der Waals surface area contributed by atoms with Crippen LogP contribution in [0.15, 0.2) is 10.2 Å². The zero-order valence-electron chi connectivity index (χ0n) is 29.3. The van der Waals surface area contributed by atoms with Crippen molar-refractivity contribution in [1.82, 2.24) is 0 Å². The van der Waals surface area contributed by atoms with Crippen molar-refractivity contribution >= 4 is 11.9 Å². The van der Waals surface area contributed by atoms with Crippen molar-refractivity contribution in [2.24, 2.45) is 33.9 Å². The van der Waals surface area contributed by atoms with Crippen LogP contribution >= 0.6 is 0 Å². The van der Waals surface area contributed by atoms with Gasteiger partial charge in [0, 0.05) is 12.8 Å². The molecular formula is C32H56N4O8. The van der Waals surface area contributed by atoms with Gasteiger partial charge in [-0.05, 0) is 108 Å². The molecule has 252 valence electrons. The molecular weight excluding hydrogens is 568 g/mol. The number of nitrogens with zero attached hydrogens (tertiary/aromatic N) is 4. The van der Waals surface area contributed by atoms with E-state index in [0.717, 1.165) is 0 Å². The number of carboxylic acid groups (broad SMARTS) is 2. The molecule has 0 saturated carbocycles. The minimum Gasteiger partial charge on any atom is -0.481 e. The second-order valence-corrected chi connectivity index (χ2v) is 15.7. The first-order valence-electron chi connectivity index (χ1n) is 15.0. The number of azo groups is 1. The number of carbonyl (C=O) groups is 2. The molecule has 6 atom stereocenters. The maximum atomic E-state index is 12.3. The first-order valence-corrected chi connectivity index (χ1v) is 15.0. The van der Waals surface area contributed by atoms with Crippen LogP contribution in [0, 0.1) is 46.3 Å². The smallest absolute Gasteiger partial charge is 0.306 e. The Morgan fingerprint density at radius 2 is 0.864 bits per heavy atom. The van der Waals surface area contributed by atoms with E-state index < -0.39 is 69.1 Å². The zero-order chi connectivity index (χ0) is 34.9. The average molecular weight is 625 g/mol. The summed E-state index contributed by atoms with van der Waals surface area (Å²) in [6, 6.07) is 4.09. The number of aliphatic carboxylic acids is 2. The minimum absolute atomic E-state index is 0.181. The van der Waals surface area contributed by atoms with Crippen molar-refractivity contribution in [3.63, 3.8) is 0 Å². The second-order valence-electron chi connectivity index (χ2n) is 15.7. The largest absolute Gasteiger partial charge is 0.481 e. The molecule has 6 unspecified atom stereocenters. The Bertz CT molecular complexity index is 996. The lowest BCUT2D eigenvalue weighted by molar-refractivity contribution is -0.399. The van der Waals surface area contributed by atoms with E-state index in [2.05, 4.69) is 10.2 Å². The Hall–Kier alpha value is -2.64. The standard InChI is InChI=1S/C32H56N4O8/c1-21(15-29(9,10)43-41-27(3,4)5)23(25(37)38)17-31(13,19-33)35-36-32(14,20-34)18-24(26(39)40)22(2)16-30(11,12)44-42-28(6,7)8/h21-24H,15-18H2,1-14H3,(H,37,38)(H,39,40)/b36-35+. The van der Waals surface area contributed by atoms with Crippen molar-refractivity contribution < 1.29 is 39.4 Å². The Morgan fingerprint density at radius 3 is 1.07 bits per heavy atom. The summed E-state index contributed by atoms with van der Waals surface area (Å²) in [5.41, 5.74) is -5.92. The zero-order valence-corrected chi connectivity index (χ0v) is 29.3. The molecule has 0 amide bonds. The molecule has 12 nitrogen and oxygen atoms in total. The second kappa shape index (κ2) is 15.6. The van der Waals surface area contributed by atoms with E-state index in [1.165, 1.54) is 13.8 Å². The first-order chi connectivity index (χ1) is 19.6. The van der Waals surface area contributed by atoms with E-state index in [1.54, 1.807) is 41.5 Å². The summed E-state index contributed by atoms with van der Waals surface area (Å²) in [4.78, 5) is 46.7. The lowest BCUT2D eigenvalue weighted by Gasteiger charge is -2.34. The van der Waals surface area contributed by atoms with Crippen LogP contribution in [0.4, 0.5) is 0 Å². The van der Waals surface area contributed by atoms with Gasteiger partial charge < -0.3 is 10.2 Å². The fourth-order valence-corrected chi connectivity index (χ4v) is 4.74. The molecule has 0 rings (SSSR count). The molecule has 0 aromatic rings. The fraction of sp³-hybridized carbons (Fsp3) is 0.875. The van der Waals surface area contributed by atoms with Gasteiger partial charge in [0.1, 0.15) is 0 Å². The summed E-state index contributed by atoms with van der Waals surface area (Å²) < 4.78 is 0. The summed E-state index contributed by atoms with van der Waals surface area (Å²) in [6.07, 6.45) is 0.264. The highest BCUT2D eigenvalue weighted by molar-refractivity contribution is 5.71. The average Bonchev–Trinajstić information content (AvgIpc) is 2.85. The van der Waals surface area contributed by atoms with Gasteiger partial charge in [-0.3, -0.25) is 9.59 Å². The highest BCUT2D eigenvalue weighted by Gasteiger charge is 2.41. The van der Waals surface area contributed by atoms with Crippen molar-refractivity contribution in [1.29, 1.82) is 10.5 Å². The highest BCUT2D eigenvalue weighted by Crippen LogP contribution is 2.36. The van der Waals surface area contributed by atoms with Gasteiger partial charge in [-0.2, -0.15) is 20.8 Å². The summed E-state index contributed by atoms with van der Waals surface area (Å²) >= 11 is 0. The van der Waals surface area contributed by atoms with Gasteiger partial charge >= 0.3 is 11.9 Å². The Morgan fingerprint density at radius 1 is 0.591 bits per heavy atom. The van der Waals surface area contributed by atoms with Gasteiger partial charge in [0.25, 0.3) is 0 Å². The van der Waals surface area contributed by atoms with Gasteiger partial charge in [-0.15, -0.1) is 0 Å². The third-order valence-corrected chi connectivity index (χ3v) is 6.88. The molecule has 44 heavy (non-hydrogen) atoms. The molecule has 12 heteroatoms. The molecule has 0 bridgehead atoms. The Labute approximate surface area is 264 Å². The summed E-state index contributed by atoms with van der Waals surface area (Å²) in [5, 5.41) is 48.5. The lowest BCUT2D eigenvalue weighted by atomic mass is 9.78. The molecule has 0 aromatic heterocycles. The third-order valence-electron chi connectivity index (χ3n) is 6.88. The number of hydrogen-bond donors (Lipinski definition) is 2. The van der Waals surface area contributed by atoms with Crippen molar-refractivity contribution in [3.8, 4) is 12.1 Å². The SMILES string of the molecule is CC(CC(C)(C)OOC(C)(C)C)C(CC(C)(C#N)/N=N/C(C)(C#N)CC(C(=O)O)C(C)CC(C)(C)OOC(C)(C)C)C(=O)O. The van der Waals surface area contributed by atoms with Crippen LogP contribution in [0.2, 0.25) is 0 Å². The monoisotopic (exact) mass is 624 g/mol.